The SMILES string of the molecule is CCCCCCc1ccc(C(=O)N(CC(=O)N2CCc3sccc3C2c2ccccc2)C(C)CC)cc1. The van der Waals surface area contributed by atoms with Crippen LogP contribution >= 0.6 is 11.3 Å². The molecule has 2 aromatic carbocycles. The minimum atomic E-state index is -0.107. The van der Waals surface area contributed by atoms with E-state index in [0.717, 1.165) is 24.8 Å². The highest BCUT2D eigenvalue weighted by Crippen LogP contribution is 2.37. The Hall–Kier alpha value is -2.92. The lowest BCUT2D eigenvalue weighted by atomic mass is 9.93. The van der Waals surface area contributed by atoms with E-state index in [1.165, 1.54) is 41.7 Å². The molecule has 4 nitrogen and oxygen atoms in total. The van der Waals surface area contributed by atoms with Crippen molar-refractivity contribution in [2.75, 3.05) is 13.1 Å². The fourth-order valence-electron chi connectivity index (χ4n) is 5.20. The number of hydrogen-bond acceptors (Lipinski definition) is 3. The van der Waals surface area contributed by atoms with Gasteiger partial charge in [-0.05, 0) is 72.9 Å². The first kappa shape index (κ1) is 27.1. The van der Waals surface area contributed by atoms with Crippen LogP contribution in [0.3, 0.4) is 0 Å². The predicted molar refractivity (Wildman–Crippen MR) is 153 cm³/mol. The van der Waals surface area contributed by atoms with Crippen molar-refractivity contribution in [2.45, 2.75) is 77.8 Å². The third kappa shape index (κ3) is 6.51. The fraction of sp³-hybridized carbons (Fsp3) is 0.438. The maximum atomic E-state index is 13.8. The summed E-state index contributed by atoms with van der Waals surface area (Å²) in [6.45, 7) is 7.09. The zero-order valence-corrected chi connectivity index (χ0v) is 23.3. The summed E-state index contributed by atoms with van der Waals surface area (Å²) < 4.78 is 0. The second-order valence-corrected chi connectivity index (χ2v) is 11.1. The third-order valence-corrected chi connectivity index (χ3v) is 8.61. The number of aryl methyl sites for hydroxylation is 1. The molecule has 3 aromatic rings. The Bertz CT molecular complexity index is 1160. The Morgan fingerprint density at radius 3 is 2.46 bits per heavy atom. The summed E-state index contributed by atoms with van der Waals surface area (Å²) in [5.41, 5.74) is 4.26. The van der Waals surface area contributed by atoms with Crippen molar-refractivity contribution in [1.82, 2.24) is 9.80 Å². The summed E-state index contributed by atoms with van der Waals surface area (Å²) in [5.74, 6) is -0.0587. The first-order valence-electron chi connectivity index (χ1n) is 13.8. The minimum Gasteiger partial charge on any atom is -0.330 e. The number of amides is 2. The van der Waals surface area contributed by atoms with E-state index in [2.05, 4.69) is 49.6 Å². The molecule has 0 fully saturated rings. The van der Waals surface area contributed by atoms with Crippen LogP contribution in [0, 0.1) is 0 Å². The number of fused-ring (bicyclic) bond motifs is 1. The van der Waals surface area contributed by atoms with Gasteiger partial charge in [-0.15, -0.1) is 11.3 Å². The van der Waals surface area contributed by atoms with Gasteiger partial charge in [0.25, 0.3) is 5.91 Å². The molecule has 0 bridgehead atoms. The lowest BCUT2D eigenvalue weighted by Crippen LogP contribution is -2.49. The predicted octanol–water partition coefficient (Wildman–Crippen LogP) is 7.29. The molecule has 0 saturated heterocycles. The van der Waals surface area contributed by atoms with Gasteiger partial charge in [0.05, 0.1) is 6.04 Å². The topological polar surface area (TPSA) is 40.6 Å². The van der Waals surface area contributed by atoms with Gasteiger partial charge in [0.1, 0.15) is 6.54 Å². The summed E-state index contributed by atoms with van der Waals surface area (Å²) in [6, 6.07) is 20.3. The summed E-state index contributed by atoms with van der Waals surface area (Å²) >= 11 is 1.77. The van der Waals surface area contributed by atoms with Gasteiger partial charge in [0, 0.05) is 23.0 Å². The van der Waals surface area contributed by atoms with E-state index >= 15 is 0 Å². The molecule has 196 valence electrons. The molecule has 5 heteroatoms. The van der Waals surface area contributed by atoms with E-state index in [4.69, 9.17) is 0 Å². The number of thiophene rings is 1. The molecule has 0 saturated carbocycles. The minimum absolute atomic E-state index is 0.00639. The molecule has 0 radical (unpaired) electrons. The Morgan fingerprint density at radius 1 is 1.00 bits per heavy atom. The van der Waals surface area contributed by atoms with Gasteiger partial charge in [0.15, 0.2) is 0 Å². The largest absolute Gasteiger partial charge is 0.330 e. The highest BCUT2D eigenvalue weighted by molar-refractivity contribution is 7.10. The van der Waals surface area contributed by atoms with Crippen molar-refractivity contribution in [2.24, 2.45) is 0 Å². The Labute approximate surface area is 226 Å². The Balaban J connectivity index is 1.51. The third-order valence-electron chi connectivity index (χ3n) is 7.61. The lowest BCUT2D eigenvalue weighted by Gasteiger charge is -2.38. The lowest BCUT2D eigenvalue weighted by molar-refractivity contribution is -0.134. The number of nitrogens with zero attached hydrogens (tertiary/aromatic N) is 2. The first-order valence-corrected chi connectivity index (χ1v) is 14.7. The number of rotatable bonds is 11. The van der Waals surface area contributed by atoms with Gasteiger partial charge in [0.2, 0.25) is 5.91 Å². The number of benzene rings is 2. The van der Waals surface area contributed by atoms with Crippen LogP contribution in [0.25, 0.3) is 0 Å². The van der Waals surface area contributed by atoms with Gasteiger partial charge < -0.3 is 9.80 Å². The number of carbonyl (C=O) groups excluding carboxylic acids is 2. The van der Waals surface area contributed by atoms with Crippen molar-refractivity contribution in [3.8, 4) is 0 Å². The second kappa shape index (κ2) is 13.0. The van der Waals surface area contributed by atoms with Gasteiger partial charge >= 0.3 is 0 Å². The van der Waals surface area contributed by atoms with Crippen molar-refractivity contribution >= 4 is 23.2 Å². The van der Waals surface area contributed by atoms with Crippen LogP contribution in [0.15, 0.2) is 66.0 Å². The van der Waals surface area contributed by atoms with Crippen LogP contribution in [-0.4, -0.2) is 40.7 Å². The van der Waals surface area contributed by atoms with Crippen LogP contribution in [0.4, 0.5) is 0 Å². The van der Waals surface area contributed by atoms with Gasteiger partial charge in [-0.1, -0.05) is 75.6 Å². The van der Waals surface area contributed by atoms with Crippen LogP contribution < -0.4 is 0 Å². The molecular weight excluding hydrogens is 476 g/mol. The van der Waals surface area contributed by atoms with Crippen molar-refractivity contribution in [1.29, 1.82) is 0 Å². The van der Waals surface area contributed by atoms with Crippen LogP contribution in [0.1, 0.15) is 90.8 Å². The van der Waals surface area contributed by atoms with E-state index in [0.29, 0.717) is 12.1 Å². The number of carbonyl (C=O) groups is 2. The zero-order chi connectivity index (χ0) is 26.2. The van der Waals surface area contributed by atoms with Crippen molar-refractivity contribution < 1.29 is 9.59 Å². The molecule has 0 N–H and O–H groups in total. The molecule has 0 spiro atoms. The molecule has 1 aliphatic heterocycles. The van der Waals surface area contributed by atoms with Crippen molar-refractivity contribution in [3.05, 3.63) is 93.2 Å². The summed E-state index contributed by atoms with van der Waals surface area (Å²) in [4.78, 5) is 32.6. The molecule has 2 amide bonds. The molecule has 4 rings (SSSR count). The standard InChI is InChI=1S/C32H40N2O2S/c1-4-6-7-9-12-25-15-17-27(18-16-25)32(36)34(24(3)5-2)23-30(35)33-21-19-29-28(20-22-37-29)31(33)26-13-10-8-11-14-26/h8,10-11,13-18,20,22,24,31H,4-7,9,12,19,21,23H2,1-3H3. The van der Waals surface area contributed by atoms with Gasteiger partial charge in [-0.3, -0.25) is 9.59 Å². The average Bonchev–Trinajstić information content (AvgIpc) is 3.42. The molecular formula is C32H40N2O2S. The Kier molecular flexibility index (Phi) is 9.56. The number of unbranched alkanes of at least 4 members (excludes halogenated alkanes) is 3. The molecule has 0 aliphatic carbocycles. The molecule has 37 heavy (non-hydrogen) atoms. The molecule has 2 heterocycles. The summed E-state index contributed by atoms with van der Waals surface area (Å²) in [7, 11) is 0. The fourth-order valence-corrected chi connectivity index (χ4v) is 6.10. The van der Waals surface area contributed by atoms with E-state index in [1.54, 1.807) is 16.2 Å². The molecule has 2 unspecified atom stereocenters. The maximum Gasteiger partial charge on any atom is 0.254 e. The van der Waals surface area contributed by atoms with Crippen LogP contribution in [0.2, 0.25) is 0 Å². The zero-order valence-electron chi connectivity index (χ0n) is 22.5. The summed E-state index contributed by atoms with van der Waals surface area (Å²) in [6.07, 6.45) is 7.63. The van der Waals surface area contributed by atoms with Gasteiger partial charge in [-0.2, -0.15) is 0 Å². The molecule has 1 aliphatic rings. The highest BCUT2D eigenvalue weighted by Gasteiger charge is 2.34. The highest BCUT2D eigenvalue weighted by atomic mass is 32.1. The average molecular weight is 517 g/mol. The summed E-state index contributed by atoms with van der Waals surface area (Å²) in [5, 5.41) is 2.12. The Morgan fingerprint density at radius 2 is 1.76 bits per heavy atom. The monoisotopic (exact) mass is 516 g/mol. The van der Waals surface area contributed by atoms with E-state index in [1.807, 2.05) is 42.2 Å². The van der Waals surface area contributed by atoms with Crippen LogP contribution in [-0.2, 0) is 17.6 Å². The van der Waals surface area contributed by atoms with Gasteiger partial charge in [-0.25, -0.2) is 0 Å². The quantitative estimate of drug-likeness (QED) is 0.251. The molecule has 1 aromatic heterocycles. The van der Waals surface area contributed by atoms with E-state index in [9.17, 15) is 9.59 Å². The van der Waals surface area contributed by atoms with E-state index < -0.39 is 0 Å². The van der Waals surface area contributed by atoms with Crippen LogP contribution in [0.5, 0.6) is 0 Å². The molecule has 2 atom stereocenters. The van der Waals surface area contributed by atoms with E-state index in [-0.39, 0.29) is 30.4 Å². The number of hydrogen-bond donors (Lipinski definition) is 0. The second-order valence-electron chi connectivity index (χ2n) is 10.1. The first-order chi connectivity index (χ1) is 18.0. The maximum absolute atomic E-state index is 13.8. The van der Waals surface area contributed by atoms with Crippen molar-refractivity contribution in [3.63, 3.8) is 0 Å². The normalized spacial score (nSPS) is 15.8. The smallest absolute Gasteiger partial charge is 0.254 e.